The van der Waals surface area contributed by atoms with Gasteiger partial charge >= 0.3 is 6.09 Å². The number of cyclic esters (lactones) is 1. The topological polar surface area (TPSA) is 41.6 Å². The molecule has 0 aliphatic carbocycles. The number of carbonyl (C=O) groups is 1. The summed E-state index contributed by atoms with van der Waals surface area (Å²) in [7, 11) is 2.16. The molecule has 0 saturated carbocycles. The number of hydrogen-bond donors (Lipinski definition) is 1. The van der Waals surface area contributed by atoms with Crippen LogP contribution in [0.15, 0.2) is 0 Å². The van der Waals surface area contributed by atoms with E-state index in [1.165, 1.54) is 25.9 Å². The predicted octanol–water partition coefficient (Wildman–Crippen LogP) is 0.827. The van der Waals surface area contributed by atoms with Crippen molar-refractivity contribution >= 4 is 6.09 Å². The highest BCUT2D eigenvalue weighted by Crippen LogP contribution is 2.23. The Bertz CT molecular complexity index is 212. The third kappa shape index (κ3) is 2.38. The lowest BCUT2D eigenvalue weighted by Crippen LogP contribution is -2.32. The van der Waals surface area contributed by atoms with E-state index < -0.39 is 0 Å². The maximum atomic E-state index is 10.8. The lowest BCUT2D eigenvalue weighted by atomic mass is 9.91. The van der Waals surface area contributed by atoms with Gasteiger partial charge in [-0.2, -0.15) is 0 Å². The predicted molar refractivity (Wildman–Crippen MR) is 53.1 cm³/mol. The first-order valence-corrected chi connectivity index (χ1v) is 5.37. The molecule has 0 bridgehead atoms. The van der Waals surface area contributed by atoms with Gasteiger partial charge in [0.15, 0.2) is 0 Å². The van der Waals surface area contributed by atoms with E-state index in [0.717, 1.165) is 12.3 Å². The largest absolute Gasteiger partial charge is 0.444 e. The van der Waals surface area contributed by atoms with Crippen molar-refractivity contribution in [2.45, 2.75) is 25.4 Å². The quantitative estimate of drug-likeness (QED) is 0.714. The molecular weight excluding hydrogens is 180 g/mol. The van der Waals surface area contributed by atoms with Crippen molar-refractivity contribution in [2.75, 3.05) is 26.7 Å². The van der Waals surface area contributed by atoms with Crippen LogP contribution < -0.4 is 5.32 Å². The number of ether oxygens (including phenoxy) is 1. The van der Waals surface area contributed by atoms with Crippen LogP contribution in [0.3, 0.4) is 0 Å². The van der Waals surface area contributed by atoms with Crippen LogP contribution in [0.1, 0.15) is 19.3 Å². The van der Waals surface area contributed by atoms with Gasteiger partial charge in [-0.05, 0) is 45.3 Å². The molecule has 0 spiro atoms. The molecule has 1 unspecified atom stereocenters. The Morgan fingerprint density at radius 3 is 2.79 bits per heavy atom. The maximum absolute atomic E-state index is 10.8. The van der Waals surface area contributed by atoms with Crippen molar-refractivity contribution in [2.24, 2.45) is 5.92 Å². The molecular formula is C10H18N2O2. The zero-order chi connectivity index (χ0) is 9.97. The van der Waals surface area contributed by atoms with Gasteiger partial charge in [0.05, 0.1) is 6.54 Å². The number of rotatable bonds is 2. The number of amides is 1. The van der Waals surface area contributed by atoms with Crippen molar-refractivity contribution in [3.8, 4) is 0 Å². The highest BCUT2D eigenvalue weighted by atomic mass is 16.6. The number of nitrogens with zero attached hydrogens (tertiary/aromatic N) is 1. The number of nitrogens with one attached hydrogen (secondary N) is 1. The summed E-state index contributed by atoms with van der Waals surface area (Å²) in [5.41, 5.74) is 0. The third-order valence-electron chi connectivity index (χ3n) is 3.18. The molecule has 0 aromatic heterocycles. The summed E-state index contributed by atoms with van der Waals surface area (Å²) >= 11 is 0. The molecule has 0 aromatic rings. The zero-order valence-electron chi connectivity index (χ0n) is 8.66. The summed E-state index contributed by atoms with van der Waals surface area (Å²) in [5, 5.41) is 2.70. The monoisotopic (exact) mass is 198 g/mol. The number of likely N-dealkylation sites (tertiary alicyclic amines) is 1. The molecule has 0 aromatic carbocycles. The second kappa shape index (κ2) is 4.17. The Morgan fingerprint density at radius 2 is 2.21 bits per heavy atom. The molecule has 1 atom stereocenters. The van der Waals surface area contributed by atoms with Crippen LogP contribution in [0.5, 0.6) is 0 Å². The number of piperidine rings is 1. The van der Waals surface area contributed by atoms with Crippen molar-refractivity contribution in [3.63, 3.8) is 0 Å². The molecule has 14 heavy (non-hydrogen) atoms. The summed E-state index contributed by atoms with van der Waals surface area (Å²) in [5.74, 6) is 0.740. The minimum absolute atomic E-state index is 0.121. The van der Waals surface area contributed by atoms with Crippen molar-refractivity contribution < 1.29 is 9.53 Å². The molecule has 4 heteroatoms. The molecule has 2 fully saturated rings. The second-order valence-electron chi connectivity index (χ2n) is 4.39. The highest BCUT2D eigenvalue weighted by molar-refractivity contribution is 5.69. The molecule has 2 saturated heterocycles. The summed E-state index contributed by atoms with van der Waals surface area (Å²) < 4.78 is 5.13. The lowest BCUT2D eigenvalue weighted by molar-refractivity contribution is 0.110. The molecule has 1 amide bonds. The standard InChI is InChI=1S/C10H18N2O2/c1-12-4-2-8(3-5-12)6-9-7-11-10(13)14-9/h8-9H,2-7H2,1H3,(H,11,13). The van der Waals surface area contributed by atoms with Crippen LogP contribution in [-0.4, -0.2) is 43.8 Å². The van der Waals surface area contributed by atoms with Crippen LogP contribution >= 0.6 is 0 Å². The molecule has 4 nitrogen and oxygen atoms in total. The highest BCUT2D eigenvalue weighted by Gasteiger charge is 2.27. The summed E-state index contributed by atoms with van der Waals surface area (Å²) in [6, 6.07) is 0. The fourth-order valence-electron chi connectivity index (χ4n) is 2.23. The molecule has 0 radical (unpaired) electrons. The van der Waals surface area contributed by atoms with Gasteiger partial charge in [-0.25, -0.2) is 4.79 Å². The fraction of sp³-hybridized carbons (Fsp3) is 0.900. The second-order valence-corrected chi connectivity index (χ2v) is 4.39. The summed E-state index contributed by atoms with van der Waals surface area (Å²) in [6.07, 6.45) is 3.39. The van der Waals surface area contributed by atoms with Crippen molar-refractivity contribution in [1.82, 2.24) is 10.2 Å². The lowest BCUT2D eigenvalue weighted by Gasteiger charge is -2.29. The number of alkyl carbamates (subject to hydrolysis) is 1. The van der Waals surface area contributed by atoms with E-state index in [9.17, 15) is 4.79 Å². The van der Waals surface area contributed by atoms with Crippen LogP contribution in [0.4, 0.5) is 4.79 Å². The van der Waals surface area contributed by atoms with E-state index in [-0.39, 0.29) is 12.2 Å². The first-order chi connectivity index (χ1) is 6.74. The van der Waals surface area contributed by atoms with Gasteiger partial charge in [-0.3, -0.25) is 0 Å². The fourth-order valence-corrected chi connectivity index (χ4v) is 2.23. The average molecular weight is 198 g/mol. The smallest absolute Gasteiger partial charge is 0.407 e. The maximum Gasteiger partial charge on any atom is 0.407 e. The molecule has 2 rings (SSSR count). The van der Waals surface area contributed by atoms with Gasteiger partial charge in [0.1, 0.15) is 6.10 Å². The number of carbonyl (C=O) groups excluding carboxylic acids is 1. The minimum Gasteiger partial charge on any atom is -0.444 e. The van der Waals surface area contributed by atoms with E-state index >= 15 is 0 Å². The SMILES string of the molecule is CN1CCC(CC2CNC(=O)O2)CC1. The zero-order valence-corrected chi connectivity index (χ0v) is 8.66. The molecule has 2 aliphatic rings. The number of hydrogen-bond acceptors (Lipinski definition) is 3. The summed E-state index contributed by atoms with van der Waals surface area (Å²) in [4.78, 5) is 13.2. The van der Waals surface area contributed by atoms with E-state index in [0.29, 0.717) is 6.54 Å². The Labute approximate surface area is 84.6 Å². The average Bonchev–Trinajstić information content (AvgIpc) is 2.56. The van der Waals surface area contributed by atoms with Gasteiger partial charge in [-0.15, -0.1) is 0 Å². The molecule has 2 heterocycles. The Hall–Kier alpha value is -0.770. The molecule has 2 aliphatic heterocycles. The van der Waals surface area contributed by atoms with Crippen LogP contribution in [0.25, 0.3) is 0 Å². The van der Waals surface area contributed by atoms with Crippen molar-refractivity contribution in [3.05, 3.63) is 0 Å². The first kappa shape index (κ1) is 9.77. The Balaban J connectivity index is 1.72. The molecule has 80 valence electrons. The Kier molecular flexibility index (Phi) is 2.91. The van der Waals surface area contributed by atoms with Gasteiger partial charge < -0.3 is 15.0 Å². The van der Waals surface area contributed by atoms with E-state index in [2.05, 4.69) is 17.3 Å². The van der Waals surface area contributed by atoms with Crippen LogP contribution in [0, 0.1) is 5.92 Å². The van der Waals surface area contributed by atoms with Gasteiger partial charge in [0.2, 0.25) is 0 Å². The molecule has 1 N–H and O–H groups in total. The normalized spacial score (nSPS) is 30.1. The van der Waals surface area contributed by atoms with E-state index in [1.54, 1.807) is 0 Å². The third-order valence-corrected chi connectivity index (χ3v) is 3.18. The van der Waals surface area contributed by atoms with Crippen LogP contribution in [0.2, 0.25) is 0 Å². The van der Waals surface area contributed by atoms with Gasteiger partial charge in [0, 0.05) is 0 Å². The minimum atomic E-state index is -0.247. The van der Waals surface area contributed by atoms with Crippen molar-refractivity contribution in [1.29, 1.82) is 0 Å². The van der Waals surface area contributed by atoms with Crippen LogP contribution in [-0.2, 0) is 4.74 Å². The van der Waals surface area contributed by atoms with Gasteiger partial charge in [0.25, 0.3) is 0 Å². The summed E-state index contributed by atoms with van der Waals surface area (Å²) in [6.45, 7) is 3.06. The Morgan fingerprint density at radius 1 is 1.50 bits per heavy atom. The van der Waals surface area contributed by atoms with Gasteiger partial charge in [-0.1, -0.05) is 0 Å². The first-order valence-electron chi connectivity index (χ1n) is 5.37. The van der Waals surface area contributed by atoms with E-state index in [1.807, 2.05) is 0 Å². The van der Waals surface area contributed by atoms with E-state index in [4.69, 9.17) is 4.74 Å².